The number of aryl methyl sites for hydroxylation is 2. The fourth-order valence-corrected chi connectivity index (χ4v) is 2.37. The molecule has 110 valence electrons. The normalized spacial score (nSPS) is 12.7. The molecule has 0 amide bonds. The highest BCUT2D eigenvalue weighted by molar-refractivity contribution is 5.07. The molecule has 0 aliphatic rings. The molecule has 4 nitrogen and oxygen atoms in total. The Labute approximate surface area is 121 Å². The maximum atomic E-state index is 5.42. The molecule has 0 saturated carbocycles. The molecule has 2 heterocycles. The van der Waals surface area contributed by atoms with Gasteiger partial charge in [0.1, 0.15) is 5.76 Å². The summed E-state index contributed by atoms with van der Waals surface area (Å²) in [5.74, 6) is 1.07. The fraction of sp³-hybridized carbons (Fsp3) is 0.562. The molecule has 2 aromatic rings. The lowest BCUT2D eigenvalue weighted by molar-refractivity contribution is 0.441. The minimum Gasteiger partial charge on any atom is -0.469 e. The van der Waals surface area contributed by atoms with Crippen LogP contribution in [-0.2, 0) is 19.4 Å². The molecule has 0 spiro atoms. The Hall–Kier alpha value is -1.55. The van der Waals surface area contributed by atoms with Gasteiger partial charge in [0, 0.05) is 25.2 Å². The van der Waals surface area contributed by atoms with E-state index in [9.17, 15) is 0 Å². The van der Waals surface area contributed by atoms with Gasteiger partial charge in [0.2, 0.25) is 0 Å². The van der Waals surface area contributed by atoms with E-state index >= 15 is 0 Å². The number of rotatable bonds is 9. The second-order valence-corrected chi connectivity index (χ2v) is 5.18. The summed E-state index contributed by atoms with van der Waals surface area (Å²) in [6, 6.07) is 4.48. The van der Waals surface area contributed by atoms with Crippen molar-refractivity contribution in [3.8, 4) is 0 Å². The smallest absolute Gasteiger partial charge is 0.103 e. The van der Waals surface area contributed by atoms with Crippen molar-refractivity contribution in [1.82, 2.24) is 15.1 Å². The zero-order valence-electron chi connectivity index (χ0n) is 12.5. The van der Waals surface area contributed by atoms with Gasteiger partial charge in [-0.15, -0.1) is 0 Å². The third-order valence-electron chi connectivity index (χ3n) is 3.50. The molecule has 4 heteroatoms. The Morgan fingerprint density at radius 1 is 1.40 bits per heavy atom. The molecular weight excluding hydrogens is 250 g/mol. The molecule has 2 rings (SSSR count). The Balaban J connectivity index is 1.88. The van der Waals surface area contributed by atoms with Gasteiger partial charge in [-0.25, -0.2) is 0 Å². The molecular formula is C16H25N3O. The lowest BCUT2D eigenvalue weighted by Gasteiger charge is -2.17. The van der Waals surface area contributed by atoms with Crippen molar-refractivity contribution in [2.24, 2.45) is 0 Å². The molecule has 1 atom stereocenters. The highest BCUT2D eigenvalue weighted by Gasteiger charge is 2.11. The Bertz CT molecular complexity index is 476. The van der Waals surface area contributed by atoms with Gasteiger partial charge in [-0.3, -0.25) is 4.68 Å². The van der Waals surface area contributed by atoms with E-state index in [1.165, 1.54) is 5.56 Å². The topological polar surface area (TPSA) is 43.0 Å². The predicted octanol–water partition coefficient (Wildman–Crippen LogP) is 3.04. The largest absolute Gasteiger partial charge is 0.469 e. The lowest BCUT2D eigenvalue weighted by Crippen LogP contribution is -2.32. The number of nitrogens with one attached hydrogen (secondary N) is 1. The summed E-state index contributed by atoms with van der Waals surface area (Å²) in [4.78, 5) is 0. The van der Waals surface area contributed by atoms with Crippen LogP contribution in [0, 0.1) is 0 Å². The van der Waals surface area contributed by atoms with Crippen molar-refractivity contribution in [2.75, 3.05) is 6.54 Å². The number of hydrogen-bond donors (Lipinski definition) is 1. The van der Waals surface area contributed by atoms with Crippen LogP contribution < -0.4 is 5.32 Å². The van der Waals surface area contributed by atoms with E-state index in [2.05, 4.69) is 30.5 Å². The van der Waals surface area contributed by atoms with Gasteiger partial charge in [0.15, 0.2) is 0 Å². The minimum absolute atomic E-state index is 0.481. The third-order valence-corrected chi connectivity index (χ3v) is 3.50. The fourth-order valence-electron chi connectivity index (χ4n) is 2.37. The number of hydrogen-bond acceptors (Lipinski definition) is 3. The van der Waals surface area contributed by atoms with Crippen molar-refractivity contribution in [3.63, 3.8) is 0 Å². The van der Waals surface area contributed by atoms with Crippen LogP contribution in [0.3, 0.4) is 0 Å². The number of furan rings is 1. The minimum atomic E-state index is 0.481. The first-order valence-electron chi connectivity index (χ1n) is 7.59. The first-order valence-corrected chi connectivity index (χ1v) is 7.59. The van der Waals surface area contributed by atoms with Crippen LogP contribution in [-0.4, -0.2) is 22.4 Å². The van der Waals surface area contributed by atoms with Gasteiger partial charge in [-0.2, -0.15) is 5.10 Å². The standard InChI is InChI=1S/C16H25N3O/c1-3-9-17-15(7-8-16-6-5-10-20-16)11-14-12-18-19(4-2)13-14/h5-6,10,12-13,15,17H,3-4,7-9,11H2,1-2H3. The van der Waals surface area contributed by atoms with Gasteiger partial charge < -0.3 is 9.73 Å². The third kappa shape index (κ3) is 4.53. The summed E-state index contributed by atoms with van der Waals surface area (Å²) in [6.45, 7) is 6.30. The van der Waals surface area contributed by atoms with E-state index in [0.29, 0.717) is 6.04 Å². The molecule has 0 saturated heterocycles. The van der Waals surface area contributed by atoms with Gasteiger partial charge in [-0.1, -0.05) is 6.92 Å². The summed E-state index contributed by atoms with van der Waals surface area (Å²) in [7, 11) is 0. The SMILES string of the molecule is CCCNC(CCc1ccco1)Cc1cnn(CC)c1. The van der Waals surface area contributed by atoms with Gasteiger partial charge in [0.05, 0.1) is 12.5 Å². The van der Waals surface area contributed by atoms with Crippen LogP contribution in [0.5, 0.6) is 0 Å². The van der Waals surface area contributed by atoms with Crippen molar-refractivity contribution in [1.29, 1.82) is 0 Å². The molecule has 0 radical (unpaired) electrons. The van der Waals surface area contributed by atoms with E-state index in [4.69, 9.17) is 4.42 Å². The zero-order valence-corrected chi connectivity index (χ0v) is 12.5. The summed E-state index contributed by atoms with van der Waals surface area (Å²) in [6.07, 6.45) is 10.1. The second-order valence-electron chi connectivity index (χ2n) is 5.18. The number of aromatic nitrogens is 2. The lowest BCUT2D eigenvalue weighted by atomic mass is 10.0. The van der Waals surface area contributed by atoms with Crippen molar-refractivity contribution < 1.29 is 4.42 Å². The monoisotopic (exact) mass is 275 g/mol. The van der Waals surface area contributed by atoms with E-state index in [1.807, 2.05) is 23.0 Å². The molecule has 0 aliphatic heterocycles. The molecule has 0 fully saturated rings. The molecule has 0 aliphatic carbocycles. The second kappa shape index (κ2) is 7.90. The Morgan fingerprint density at radius 2 is 2.30 bits per heavy atom. The van der Waals surface area contributed by atoms with E-state index in [-0.39, 0.29) is 0 Å². The van der Waals surface area contributed by atoms with Crippen molar-refractivity contribution >= 4 is 0 Å². The summed E-state index contributed by atoms with van der Waals surface area (Å²) in [5.41, 5.74) is 1.31. The first-order chi connectivity index (χ1) is 9.81. The molecule has 20 heavy (non-hydrogen) atoms. The quantitative estimate of drug-likeness (QED) is 0.765. The zero-order chi connectivity index (χ0) is 14.2. The average molecular weight is 275 g/mol. The average Bonchev–Trinajstić information content (AvgIpc) is 3.13. The van der Waals surface area contributed by atoms with Crippen LogP contribution in [0.15, 0.2) is 35.2 Å². The van der Waals surface area contributed by atoms with Crippen LogP contribution >= 0.6 is 0 Å². The highest BCUT2D eigenvalue weighted by Crippen LogP contribution is 2.10. The molecule has 1 N–H and O–H groups in total. The number of nitrogens with zero attached hydrogens (tertiary/aromatic N) is 2. The molecule has 1 unspecified atom stereocenters. The van der Waals surface area contributed by atoms with Crippen LogP contribution in [0.4, 0.5) is 0 Å². The predicted molar refractivity (Wildman–Crippen MR) is 80.7 cm³/mol. The van der Waals surface area contributed by atoms with Gasteiger partial charge in [0.25, 0.3) is 0 Å². The molecule has 0 bridgehead atoms. The highest BCUT2D eigenvalue weighted by atomic mass is 16.3. The summed E-state index contributed by atoms with van der Waals surface area (Å²) in [5, 5.41) is 7.98. The summed E-state index contributed by atoms with van der Waals surface area (Å²) < 4.78 is 7.40. The van der Waals surface area contributed by atoms with Gasteiger partial charge >= 0.3 is 0 Å². The van der Waals surface area contributed by atoms with E-state index in [1.54, 1.807) is 6.26 Å². The van der Waals surface area contributed by atoms with Crippen molar-refractivity contribution in [2.45, 2.75) is 52.1 Å². The first kappa shape index (κ1) is 14.9. The van der Waals surface area contributed by atoms with Gasteiger partial charge in [-0.05, 0) is 50.4 Å². The van der Waals surface area contributed by atoms with E-state index in [0.717, 1.165) is 44.5 Å². The maximum absolute atomic E-state index is 5.42. The van der Waals surface area contributed by atoms with Crippen molar-refractivity contribution in [3.05, 3.63) is 42.1 Å². The van der Waals surface area contributed by atoms with E-state index < -0.39 is 0 Å². The van der Waals surface area contributed by atoms with Crippen LogP contribution in [0.1, 0.15) is 38.0 Å². The summed E-state index contributed by atoms with van der Waals surface area (Å²) >= 11 is 0. The maximum Gasteiger partial charge on any atom is 0.103 e. The molecule has 2 aromatic heterocycles. The Kier molecular flexibility index (Phi) is 5.87. The molecule has 0 aromatic carbocycles. The van der Waals surface area contributed by atoms with Crippen LogP contribution in [0.25, 0.3) is 0 Å². The Morgan fingerprint density at radius 3 is 2.95 bits per heavy atom. The van der Waals surface area contributed by atoms with Crippen LogP contribution in [0.2, 0.25) is 0 Å².